The average molecular weight is 243 g/mol. The largest absolute Gasteiger partial charge is 0.309 e. The molecule has 1 aliphatic heterocycles. The van der Waals surface area contributed by atoms with E-state index in [-0.39, 0.29) is 11.3 Å². The summed E-state index contributed by atoms with van der Waals surface area (Å²) < 4.78 is 24.6. The first kappa shape index (κ1) is 11.6. The lowest BCUT2D eigenvalue weighted by molar-refractivity contribution is 0.381. The second-order valence-corrected chi connectivity index (χ2v) is 6.78. The van der Waals surface area contributed by atoms with Gasteiger partial charge in [0.2, 0.25) is 0 Å². The van der Waals surface area contributed by atoms with Crippen molar-refractivity contribution in [2.24, 2.45) is 0 Å². The van der Waals surface area contributed by atoms with E-state index in [1.165, 1.54) is 0 Å². The van der Waals surface area contributed by atoms with Gasteiger partial charge in [-0.3, -0.25) is 4.68 Å². The van der Waals surface area contributed by atoms with Crippen LogP contribution in [0.3, 0.4) is 0 Å². The van der Waals surface area contributed by atoms with E-state index in [0.717, 1.165) is 13.1 Å². The molecular formula is C10H17N3O2S. The summed E-state index contributed by atoms with van der Waals surface area (Å²) in [4.78, 5) is 0. The molecule has 0 amide bonds. The Bertz CT molecular complexity index is 441. The van der Waals surface area contributed by atoms with Crippen LogP contribution in [0.4, 0.5) is 0 Å². The van der Waals surface area contributed by atoms with Crippen molar-refractivity contribution in [1.29, 1.82) is 0 Å². The van der Waals surface area contributed by atoms with Crippen LogP contribution in [0.15, 0.2) is 18.5 Å². The molecule has 0 aliphatic carbocycles. The Balaban J connectivity index is 1.82. The maximum atomic E-state index is 11.4. The molecule has 1 atom stereocenters. The molecule has 0 aromatic carbocycles. The predicted molar refractivity (Wildman–Crippen MR) is 61.9 cm³/mol. The highest BCUT2D eigenvalue weighted by Crippen LogP contribution is 2.22. The second kappa shape index (κ2) is 4.18. The van der Waals surface area contributed by atoms with Gasteiger partial charge in [0, 0.05) is 24.5 Å². The van der Waals surface area contributed by atoms with Gasteiger partial charge in [-0.1, -0.05) is 0 Å². The summed E-state index contributed by atoms with van der Waals surface area (Å²) in [5.41, 5.74) is -0.258. The summed E-state index contributed by atoms with van der Waals surface area (Å²) >= 11 is 0. The molecule has 6 heteroatoms. The first-order chi connectivity index (χ1) is 7.49. The quantitative estimate of drug-likeness (QED) is 0.811. The molecule has 0 bridgehead atoms. The van der Waals surface area contributed by atoms with E-state index >= 15 is 0 Å². The fraction of sp³-hybridized carbons (Fsp3) is 0.700. The van der Waals surface area contributed by atoms with Crippen LogP contribution in [0.1, 0.15) is 13.3 Å². The first-order valence-electron chi connectivity index (χ1n) is 5.42. The molecule has 1 aromatic heterocycles. The summed E-state index contributed by atoms with van der Waals surface area (Å²) in [6, 6.07) is 1.88. The number of sulfone groups is 1. The Hall–Kier alpha value is -0.880. The van der Waals surface area contributed by atoms with Gasteiger partial charge in [-0.15, -0.1) is 0 Å². The van der Waals surface area contributed by atoms with Gasteiger partial charge in [0.15, 0.2) is 9.84 Å². The van der Waals surface area contributed by atoms with E-state index in [1.807, 2.05) is 23.9 Å². The Morgan fingerprint density at radius 2 is 2.38 bits per heavy atom. The standard InChI is InChI=1S/C10H17N3O2S/c1-10(3-8-16(14,15)9-10)11-5-7-13-6-2-4-12-13/h2,4,6,11H,3,5,7-9H2,1H3. The summed E-state index contributed by atoms with van der Waals surface area (Å²) in [5.74, 6) is 0.553. The lowest BCUT2D eigenvalue weighted by Crippen LogP contribution is -2.44. The van der Waals surface area contributed by atoms with Crippen LogP contribution in [0.2, 0.25) is 0 Å². The van der Waals surface area contributed by atoms with Crippen molar-refractivity contribution in [1.82, 2.24) is 15.1 Å². The molecule has 1 aliphatic rings. The fourth-order valence-corrected chi connectivity index (χ4v) is 4.18. The second-order valence-electron chi connectivity index (χ2n) is 4.60. The summed E-state index contributed by atoms with van der Waals surface area (Å²) in [6.07, 6.45) is 4.34. The van der Waals surface area contributed by atoms with E-state index in [1.54, 1.807) is 6.20 Å². The summed E-state index contributed by atoms with van der Waals surface area (Å²) in [6.45, 7) is 3.48. The highest BCUT2D eigenvalue weighted by Gasteiger charge is 2.37. The van der Waals surface area contributed by atoms with Crippen LogP contribution >= 0.6 is 0 Å². The van der Waals surface area contributed by atoms with E-state index in [4.69, 9.17) is 0 Å². The van der Waals surface area contributed by atoms with Crippen molar-refractivity contribution in [2.45, 2.75) is 25.4 Å². The molecule has 2 rings (SSSR count). The van der Waals surface area contributed by atoms with Crippen LogP contribution in [-0.4, -0.2) is 41.8 Å². The van der Waals surface area contributed by atoms with Gasteiger partial charge in [-0.25, -0.2) is 8.42 Å². The van der Waals surface area contributed by atoms with Gasteiger partial charge in [0.25, 0.3) is 0 Å². The van der Waals surface area contributed by atoms with Gasteiger partial charge >= 0.3 is 0 Å². The lowest BCUT2D eigenvalue weighted by Gasteiger charge is -2.23. The zero-order valence-corrected chi connectivity index (χ0v) is 10.2. The van der Waals surface area contributed by atoms with E-state index in [0.29, 0.717) is 12.2 Å². The van der Waals surface area contributed by atoms with E-state index in [2.05, 4.69) is 10.4 Å². The highest BCUT2D eigenvalue weighted by molar-refractivity contribution is 7.91. The third-order valence-corrected chi connectivity index (χ3v) is 4.86. The Labute approximate surface area is 95.8 Å². The minimum Gasteiger partial charge on any atom is -0.309 e. The molecule has 0 radical (unpaired) electrons. The van der Waals surface area contributed by atoms with Crippen molar-refractivity contribution in [3.8, 4) is 0 Å². The Kier molecular flexibility index (Phi) is 3.03. The summed E-state index contributed by atoms with van der Waals surface area (Å²) in [5, 5.41) is 7.40. The average Bonchev–Trinajstić information content (AvgIpc) is 2.75. The van der Waals surface area contributed by atoms with Crippen LogP contribution < -0.4 is 5.32 Å². The molecule has 0 spiro atoms. The van der Waals surface area contributed by atoms with Crippen LogP contribution in [0.5, 0.6) is 0 Å². The molecule has 2 heterocycles. The Morgan fingerprint density at radius 3 is 2.94 bits per heavy atom. The number of hydrogen-bond acceptors (Lipinski definition) is 4. The predicted octanol–water partition coefficient (Wildman–Crippen LogP) is 0.0499. The minimum atomic E-state index is -2.82. The number of nitrogens with zero attached hydrogens (tertiary/aromatic N) is 2. The van der Waals surface area contributed by atoms with Crippen LogP contribution in [0, 0.1) is 0 Å². The smallest absolute Gasteiger partial charge is 0.152 e. The van der Waals surface area contributed by atoms with Crippen LogP contribution in [-0.2, 0) is 16.4 Å². The van der Waals surface area contributed by atoms with Crippen molar-refractivity contribution < 1.29 is 8.42 Å². The Morgan fingerprint density at radius 1 is 1.56 bits per heavy atom. The molecule has 16 heavy (non-hydrogen) atoms. The van der Waals surface area contributed by atoms with Crippen molar-refractivity contribution >= 4 is 9.84 Å². The molecular weight excluding hydrogens is 226 g/mol. The molecule has 0 saturated carbocycles. The van der Waals surface area contributed by atoms with Gasteiger partial charge in [0.1, 0.15) is 0 Å². The maximum absolute atomic E-state index is 11.4. The van der Waals surface area contributed by atoms with E-state index < -0.39 is 9.84 Å². The molecule has 1 unspecified atom stereocenters. The normalized spacial score (nSPS) is 28.3. The van der Waals surface area contributed by atoms with Crippen molar-refractivity contribution in [3.05, 3.63) is 18.5 Å². The summed E-state index contributed by atoms with van der Waals surface area (Å²) in [7, 11) is -2.82. The molecule has 1 saturated heterocycles. The fourth-order valence-electron chi connectivity index (χ4n) is 2.05. The lowest BCUT2D eigenvalue weighted by atomic mass is 10.0. The van der Waals surface area contributed by atoms with Crippen LogP contribution in [0.25, 0.3) is 0 Å². The van der Waals surface area contributed by atoms with Crippen molar-refractivity contribution in [2.75, 3.05) is 18.1 Å². The van der Waals surface area contributed by atoms with Crippen molar-refractivity contribution in [3.63, 3.8) is 0 Å². The highest BCUT2D eigenvalue weighted by atomic mass is 32.2. The van der Waals surface area contributed by atoms with E-state index in [9.17, 15) is 8.42 Å². The maximum Gasteiger partial charge on any atom is 0.152 e. The third kappa shape index (κ3) is 2.82. The number of aromatic nitrogens is 2. The van der Waals surface area contributed by atoms with Gasteiger partial charge in [-0.2, -0.15) is 5.10 Å². The topological polar surface area (TPSA) is 64.0 Å². The zero-order chi connectivity index (χ0) is 11.6. The number of rotatable bonds is 4. The van der Waals surface area contributed by atoms with Gasteiger partial charge < -0.3 is 5.32 Å². The molecule has 1 fully saturated rings. The molecule has 1 N–H and O–H groups in total. The first-order valence-corrected chi connectivity index (χ1v) is 7.24. The zero-order valence-electron chi connectivity index (χ0n) is 9.39. The number of nitrogens with one attached hydrogen (secondary N) is 1. The molecule has 1 aromatic rings. The number of hydrogen-bond donors (Lipinski definition) is 1. The van der Waals surface area contributed by atoms with Gasteiger partial charge in [-0.05, 0) is 19.4 Å². The molecule has 5 nitrogen and oxygen atoms in total. The van der Waals surface area contributed by atoms with Gasteiger partial charge in [0.05, 0.1) is 18.1 Å². The monoisotopic (exact) mass is 243 g/mol. The molecule has 90 valence electrons. The third-order valence-electron chi connectivity index (χ3n) is 2.96. The SMILES string of the molecule is CC1(NCCn2cccn2)CCS(=O)(=O)C1. The minimum absolute atomic E-state index is 0.249.